The Morgan fingerprint density at radius 1 is 0.351 bits per heavy atom. The van der Waals surface area contributed by atoms with Crippen molar-refractivity contribution in [2.24, 2.45) is 0 Å². The molecular formula is C51H30N4S2. The van der Waals surface area contributed by atoms with Crippen molar-refractivity contribution in [3.63, 3.8) is 0 Å². The van der Waals surface area contributed by atoms with Gasteiger partial charge in [-0.15, -0.1) is 22.7 Å². The maximum absolute atomic E-state index is 5.26. The van der Waals surface area contributed by atoms with Gasteiger partial charge in [-0.25, -0.2) is 15.0 Å². The highest BCUT2D eigenvalue weighted by Crippen LogP contribution is 2.46. The molecule has 266 valence electrons. The molecule has 0 fully saturated rings. The molecule has 0 saturated heterocycles. The SMILES string of the molecule is c1ccc(-c2ccc(-n3c4ccccc4c4ccc5c6cccc(-c7nc(-c8ccccc8)nc(-c8ccc9c(c8)sc8ccccc89)n7)c6sc5c43)cc2)cc1. The lowest BCUT2D eigenvalue weighted by atomic mass is 10.1. The molecule has 6 heteroatoms. The maximum atomic E-state index is 5.26. The van der Waals surface area contributed by atoms with E-state index in [-0.39, 0.29) is 0 Å². The number of aromatic nitrogens is 4. The molecule has 0 unspecified atom stereocenters. The van der Waals surface area contributed by atoms with Crippen LogP contribution in [-0.4, -0.2) is 19.5 Å². The van der Waals surface area contributed by atoms with Gasteiger partial charge in [0, 0.05) is 68.8 Å². The van der Waals surface area contributed by atoms with Crippen molar-refractivity contribution < 1.29 is 0 Å². The molecule has 4 aromatic heterocycles. The van der Waals surface area contributed by atoms with Crippen molar-refractivity contribution in [1.82, 2.24) is 19.5 Å². The molecule has 0 aliphatic carbocycles. The van der Waals surface area contributed by atoms with Gasteiger partial charge in [0.05, 0.1) is 15.7 Å². The van der Waals surface area contributed by atoms with Crippen molar-refractivity contribution in [1.29, 1.82) is 0 Å². The molecule has 12 rings (SSSR count). The zero-order valence-corrected chi connectivity index (χ0v) is 32.1. The van der Waals surface area contributed by atoms with E-state index < -0.39 is 0 Å². The van der Waals surface area contributed by atoms with Crippen molar-refractivity contribution in [3.05, 3.63) is 182 Å². The number of fused-ring (bicyclic) bond motifs is 10. The number of nitrogens with zero attached hydrogens (tertiary/aromatic N) is 4. The fraction of sp³-hybridized carbons (Fsp3) is 0. The Morgan fingerprint density at radius 2 is 0.930 bits per heavy atom. The molecule has 0 atom stereocenters. The predicted octanol–water partition coefficient (Wildman–Crippen LogP) is 14.4. The number of para-hydroxylation sites is 1. The minimum absolute atomic E-state index is 0.659. The summed E-state index contributed by atoms with van der Waals surface area (Å²) < 4.78 is 7.34. The smallest absolute Gasteiger partial charge is 0.165 e. The fourth-order valence-electron chi connectivity index (χ4n) is 8.39. The van der Waals surface area contributed by atoms with E-state index in [9.17, 15) is 0 Å². The minimum Gasteiger partial charge on any atom is -0.308 e. The number of benzene rings is 8. The second-order valence-electron chi connectivity index (χ2n) is 14.4. The maximum Gasteiger partial charge on any atom is 0.165 e. The van der Waals surface area contributed by atoms with E-state index in [1.54, 1.807) is 11.3 Å². The monoisotopic (exact) mass is 762 g/mol. The van der Waals surface area contributed by atoms with Crippen molar-refractivity contribution in [2.75, 3.05) is 0 Å². The third-order valence-electron chi connectivity index (χ3n) is 11.1. The average Bonchev–Trinajstić information content (AvgIpc) is 3.96. The fourth-order valence-corrected chi connectivity index (χ4v) is 10.9. The standard InChI is InChI=1S/C51H30N4S2/c1-3-12-31(13-4-1)32-22-25-35(26-23-32)55-43-20-9-7-16-36(43)39-28-29-41-40-18-11-19-42(47(40)57-48(41)46(39)55)51-53-49(33-14-5-2-6-15-33)52-50(54-51)34-24-27-38-37-17-8-10-21-44(37)56-45(38)30-34/h1-30H. The van der Waals surface area contributed by atoms with Gasteiger partial charge >= 0.3 is 0 Å². The summed E-state index contributed by atoms with van der Waals surface area (Å²) in [6.07, 6.45) is 0. The summed E-state index contributed by atoms with van der Waals surface area (Å²) in [7, 11) is 0. The highest BCUT2D eigenvalue weighted by molar-refractivity contribution is 7.27. The highest BCUT2D eigenvalue weighted by Gasteiger charge is 2.21. The molecule has 0 radical (unpaired) electrons. The first-order valence-electron chi connectivity index (χ1n) is 19.0. The Kier molecular flexibility index (Phi) is 7.24. The molecule has 4 heterocycles. The third kappa shape index (κ3) is 5.15. The van der Waals surface area contributed by atoms with Gasteiger partial charge in [-0.3, -0.25) is 0 Å². The quantitative estimate of drug-likeness (QED) is 0.175. The van der Waals surface area contributed by atoms with E-state index in [2.05, 4.69) is 168 Å². The topological polar surface area (TPSA) is 43.6 Å². The molecule has 0 spiro atoms. The van der Waals surface area contributed by atoms with Crippen LogP contribution in [0.2, 0.25) is 0 Å². The van der Waals surface area contributed by atoms with Crippen LogP contribution in [0.5, 0.6) is 0 Å². The lowest BCUT2D eigenvalue weighted by Gasteiger charge is -2.10. The van der Waals surface area contributed by atoms with Crippen LogP contribution in [0, 0.1) is 0 Å². The normalized spacial score (nSPS) is 11.9. The zero-order chi connectivity index (χ0) is 37.5. The summed E-state index contributed by atoms with van der Waals surface area (Å²) in [5.41, 5.74) is 8.88. The van der Waals surface area contributed by atoms with E-state index >= 15 is 0 Å². The third-order valence-corrected chi connectivity index (χ3v) is 13.5. The Bertz CT molecular complexity index is 3510. The molecule has 0 saturated carbocycles. The Hall–Kier alpha value is -6.99. The van der Waals surface area contributed by atoms with Crippen LogP contribution in [0.4, 0.5) is 0 Å². The van der Waals surface area contributed by atoms with Gasteiger partial charge in [-0.2, -0.15) is 0 Å². The summed E-state index contributed by atoms with van der Waals surface area (Å²) in [5, 5.41) is 7.43. The number of thiophene rings is 2. The van der Waals surface area contributed by atoms with Crippen molar-refractivity contribution in [2.45, 2.75) is 0 Å². The van der Waals surface area contributed by atoms with E-state index in [1.165, 1.54) is 68.6 Å². The summed E-state index contributed by atoms with van der Waals surface area (Å²) in [5.74, 6) is 1.99. The Morgan fingerprint density at radius 3 is 1.75 bits per heavy atom. The van der Waals surface area contributed by atoms with Crippen LogP contribution >= 0.6 is 22.7 Å². The van der Waals surface area contributed by atoms with Crippen LogP contribution in [0.25, 0.3) is 113 Å². The van der Waals surface area contributed by atoms with Gasteiger partial charge in [0.1, 0.15) is 0 Å². The first-order valence-corrected chi connectivity index (χ1v) is 20.7. The van der Waals surface area contributed by atoms with Crippen molar-refractivity contribution in [3.8, 4) is 51.0 Å². The van der Waals surface area contributed by atoms with Gasteiger partial charge in [0.25, 0.3) is 0 Å². The van der Waals surface area contributed by atoms with Crippen LogP contribution < -0.4 is 0 Å². The van der Waals surface area contributed by atoms with Gasteiger partial charge in [0.15, 0.2) is 17.5 Å². The number of hydrogen-bond acceptors (Lipinski definition) is 5. The van der Waals surface area contributed by atoms with Gasteiger partial charge in [-0.1, -0.05) is 146 Å². The second kappa shape index (κ2) is 12.8. The molecule has 0 bridgehead atoms. The lowest BCUT2D eigenvalue weighted by Crippen LogP contribution is -2.00. The van der Waals surface area contributed by atoms with E-state index in [1.807, 2.05) is 29.5 Å². The number of hydrogen-bond donors (Lipinski definition) is 0. The van der Waals surface area contributed by atoms with Gasteiger partial charge in [0.2, 0.25) is 0 Å². The Balaban J connectivity index is 1.08. The van der Waals surface area contributed by atoms with Gasteiger partial charge in [-0.05, 0) is 47.5 Å². The van der Waals surface area contributed by atoms with Crippen LogP contribution in [0.1, 0.15) is 0 Å². The van der Waals surface area contributed by atoms with E-state index in [0.717, 1.165) is 27.1 Å². The molecular weight excluding hydrogens is 733 g/mol. The van der Waals surface area contributed by atoms with E-state index in [4.69, 9.17) is 15.0 Å². The first-order chi connectivity index (χ1) is 28.2. The minimum atomic E-state index is 0.659. The Labute approximate surface area is 335 Å². The number of rotatable bonds is 5. The average molecular weight is 763 g/mol. The molecule has 0 amide bonds. The molecule has 4 nitrogen and oxygen atoms in total. The second-order valence-corrected chi connectivity index (χ2v) is 16.5. The molecule has 0 aliphatic heterocycles. The molecule has 57 heavy (non-hydrogen) atoms. The summed E-state index contributed by atoms with van der Waals surface area (Å²) in [4.78, 5) is 15.6. The van der Waals surface area contributed by atoms with Crippen molar-refractivity contribution >= 4 is 84.8 Å². The van der Waals surface area contributed by atoms with E-state index in [0.29, 0.717) is 17.5 Å². The van der Waals surface area contributed by atoms with Crippen LogP contribution in [0.3, 0.4) is 0 Å². The molecule has 0 N–H and O–H groups in total. The summed E-state index contributed by atoms with van der Waals surface area (Å²) >= 11 is 3.63. The molecule has 0 aliphatic rings. The largest absolute Gasteiger partial charge is 0.308 e. The summed E-state index contributed by atoms with van der Waals surface area (Å²) in [6.45, 7) is 0. The van der Waals surface area contributed by atoms with Crippen LogP contribution in [0.15, 0.2) is 182 Å². The first kappa shape index (κ1) is 32.3. The van der Waals surface area contributed by atoms with Gasteiger partial charge < -0.3 is 4.57 Å². The molecule has 12 aromatic rings. The summed E-state index contributed by atoms with van der Waals surface area (Å²) in [6, 6.07) is 64.8. The van der Waals surface area contributed by atoms with Crippen LogP contribution in [-0.2, 0) is 0 Å². The zero-order valence-electron chi connectivity index (χ0n) is 30.4. The lowest BCUT2D eigenvalue weighted by molar-refractivity contribution is 1.08. The highest BCUT2D eigenvalue weighted by atomic mass is 32.1. The predicted molar refractivity (Wildman–Crippen MR) is 242 cm³/mol. The molecule has 8 aromatic carbocycles.